The number of pyridine rings is 2. The molecule has 1 saturated heterocycles. The van der Waals surface area contributed by atoms with E-state index in [9.17, 15) is 22.8 Å². The number of nitrogens with zero attached hydrogens (tertiary/aromatic N) is 5. The largest absolute Gasteiger partial charge is 0.477 e. The van der Waals surface area contributed by atoms with Gasteiger partial charge in [-0.25, -0.2) is 19.4 Å². The number of aromatic nitrogens is 4. The van der Waals surface area contributed by atoms with Crippen LogP contribution < -0.4 is 14.8 Å². The van der Waals surface area contributed by atoms with Crippen molar-refractivity contribution in [1.29, 1.82) is 0 Å². The molecule has 0 radical (unpaired) electrons. The van der Waals surface area contributed by atoms with E-state index in [1.165, 1.54) is 16.8 Å². The normalized spacial score (nSPS) is 18.0. The van der Waals surface area contributed by atoms with Crippen LogP contribution in [0.3, 0.4) is 0 Å². The van der Waals surface area contributed by atoms with E-state index in [0.717, 1.165) is 44.1 Å². The van der Waals surface area contributed by atoms with Gasteiger partial charge in [0.15, 0.2) is 5.82 Å². The highest BCUT2D eigenvalue weighted by Crippen LogP contribution is 2.59. The summed E-state index contributed by atoms with van der Waals surface area (Å²) in [6.07, 6.45) is 1.81. The first-order chi connectivity index (χ1) is 24.0. The molecule has 51 heavy (non-hydrogen) atoms. The van der Waals surface area contributed by atoms with Crippen LogP contribution in [0.5, 0.6) is 5.88 Å². The van der Waals surface area contributed by atoms with Crippen molar-refractivity contribution in [3.05, 3.63) is 53.3 Å². The highest BCUT2D eigenvalue weighted by Gasteiger charge is 2.62. The van der Waals surface area contributed by atoms with E-state index in [2.05, 4.69) is 39.0 Å². The Balaban J connectivity index is 1.05. The van der Waals surface area contributed by atoms with Crippen LogP contribution in [-0.4, -0.2) is 73.2 Å². The predicted molar refractivity (Wildman–Crippen MR) is 189 cm³/mol. The van der Waals surface area contributed by atoms with Crippen LogP contribution in [0.4, 0.5) is 23.8 Å². The number of hydrogen-bond donors (Lipinski definition) is 2. The third kappa shape index (κ3) is 10.00. The molecule has 2 N–H and O–H groups in total. The fourth-order valence-corrected chi connectivity index (χ4v) is 6.93. The highest BCUT2D eigenvalue weighted by atomic mass is 35.5. The molecule has 0 aromatic carbocycles. The quantitative estimate of drug-likeness (QED) is 0.0947. The van der Waals surface area contributed by atoms with Crippen molar-refractivity contribution in [2.24, 2.45) is 5.41 Å². The molecule has 2 fully saturated rings. The zero-order valence-corrected chi connectivity index (χ0v) is 31.1. The lowest BCUT2D eigenvalue weighted by Crippen LogP contribution is -2.49. The van der Waals surface area contributed by atoms with Crippen molar-refractivity contribution >= 4 is 41.4 Å². The molecule has 3 aromatic rings. The summed E-state index contributed by atoms with van der Waals surface area (Å²) < 4.78 is 54.7. The average Bonchev–Trinajstić information content (AvgIpc) is 3.59. The molecule has 4 heterocycles. The molecule has 0 spiro atoms. The van der Waals surface area contributed by atoms with Crippen molar-refractivity contribution in [2.75, 3.05) is 18.5 Å². The Morgan fingerprint density at radius 3 is 2.51 bits per heavy atom. The molecule has 16 heteroatoms. The Morgan fingerprint density at radius 1 is 1.06 bits per heavy atom. The fraction of sp³-hybridized carbons (Fsp3) is 0.571. The van der Waals surface area contributed by atoms with Crippen LogP contribution in [-0.2, 0) is 4.74 Å². The van der Waals surface area contributed by atoms with Gasteiger partial charge in [-0.15, -0.1) is 5.10 Å². The lowest BCUT2D eigenvalue weighted by Gasteiger charge is -2.37. The van der Waals surface area contributed by atoms with Crippen LogP contribution in [0.1, 0.15) is 96.3 Å². The summed E-state index contributed by atoms with van der Waals surface area (Å²) in [7, 11) is 0. The Kier molecular flexibility index (Phi) is 11.7. The maximum absolute atomic E-state index is 13.2. The molecule has 1 aliphatic carbocycles. The van der Waals surface area contributed by atoms with Crippen molar-refractivity contribution in [3.8, 4) is 11.7 Å². The molecule has 1 atom stereocenters. The van der Waals surface area contributed by atoms with E-state index in [0.29, 0.717) is 23.2 Å². The smallest absolute Gasteiger partial charge is 0.410 e. The lowest BCUT2D eigenvalue weighted by molar-refractivity contribution is -0.190. The monoisotopic (exact) mass is 751 g/mol. The van der Waals surface area contributed by atoms with Gasteiger partial charge in [0.1, 0.15) is 21.6 Å². The van der Waals surface area contributed by atoms with Crippen LogP contribution in [0.15, 0.2) is 47.6 Å². The van der Waals surface area contributed by atoms with Crippen molar-refractivity contribution in [2.45, 2.75) is 114 Å². The van der Waals surface area contributed by atoms with Crippen LogP contribution in [0, 0.1) is 5.41 Å². The van der Waals surface area contributed by atoms with Gasteiger partial charge in [0, 0.05) is 42.3 Å². The first-order valence-corrected chi connectivity index (χ1v) is 18.3. The minimum absolute atomic E-state index is 0.0526. The summed E-state index contributed by atoms with van der Waals surface area (Å²) in [5.74, 6) is 0.669. The van der Waals surface area contributed by atoms with Gasteiger partial charge in [0.05, 0.1) is 17.6 Å². The molecule has 2 aliphatic rings. The minimum Gasteiger partial charge on any atom is -0.477 e. The maximum atomic E-state index is 13.2. The summed E-state index contributed by atoms with van der Waals surface area (Å²) in [6.45, 7) is 10.4. The number of ether oxygens (including phenoxy) is 2. The van der Waals surface area contributed by atoms with E-state index < -0.39 is 23.1 Å². The van der Waals surface area contributed by atoms with Gasteiger partial charge in [-0.1, -0.05) is 17.7 Å². The second-order valence-electron chi connectivity index (χ2n) is 14.7. The molecule has 1 unspecified atom stereocenters. The molecular formula is C35H45ClF3N7O4S. The highest BCUT2D eigenvalue weighted by molar-refractivity contribution is 7.97. The summed E-state index contributed by atoms with van der Waals surface area (Å²) in [4.78, 5) is 36.6. The number of likely N-dealkylation sites (tertiary alicyclic amines) is 1. The molecule has 1 aliphatic heterocycles. The van der Waals surface area contributed by atoms with E-state index in [4.69, 9.17) is 21.1 Å². The lowest BCUT2D eigenvalue weighted by atomic mass is 10.0. The third-order valence-electron chi connectivity index (χ3n) is 9.10. The summed E-state index contributed by atoms with van der Waals surface area (Å²) >= 11 is 7.39. The number of amides is 2. The van der Waals surface area contributed by atoms with Crippen molar-refractivity contribution < 1.29 is 32.2 Å². The molecular weight excluding hydrogens is 707 g/mol. The number of alkyl halides is 3. The Hall–Kier alpha value is -3.72. The van der Waals surface area contributed by atoms with Crippen molar-refractivity contribution in [3.63, 3.8) is 0 Å². The van der Waals surface area contributed by atoms with E-state index in [-0.39, 0.29) is 60.1 Å². The molecule has 5 rings (SSSR count). The first kappa shape index (κ1) is 38.5. The van der Waals surface area contributed by atoms with Gasteiger partial charge < -0.3 is 19.7 Å². The van der Waals surface area contributed by atoms with Crippen LogP contribution >= 0.6 is 23.5 Å². The van der Waals surface area contributed by atoms with E-state index in [1.807, 2.05) is 37.8 Å². The maximum Gasteiger partial charge on any atom is 0.410 e. The zero-order chi connectivity index (χ0) is 37.0. The molecule has 3 aromatic heterocycles. The summed E-state index contributed by atoms with van der Waals surface area (Å²) in [5, 5.41) is 8.06. The zero-order valence-electron chi connectivity index (χ0n) is 29.5. The number of unbranched alkanes of at least 4 members (excludes halogenated alkanes) is 1. The fourth-order valence-electron chi connectivity index (χ4n) is 6.10. The SMILES string of the molecule is CC(C)(C)OC(=O)N1C(CCCCNc2cccc(SNC(=O)c3ccc(-n4ccc(OCCC5(C(F)(F)F)CC5)n4)nc3Cl)n2)CCC1(C)C. The summed E-state index contributed by atoms with van der Waals surface area (Å²) in [5.41, 5.74) is -2.27. The minimum atomic E-state index is -4.23. The van der Waals surface area contributed by atoms with Gasteiger partial charge in [-0.05, 0) is 110 Å². The summed E-state index contributed by atoms with van der Waals surface area (Å²) in [6, 6.07) is 10.2. The van der Waals surface area contributed by atoms with Crippen LogP contribution in [0.25, 0.3) is 5.82 Å². The Bertz CT molecular complexity index is 1690. The predicted octanol–water partition coefficient (Wildman–Crippen LogP) is 8.62. The number of carbonyl (C=O) groups excluding carboxylic acids is 2. The number of halogens is 4. The van der Waals surface area contributed by atoms with Crippen molar-refractivity contribution in [1.82, 2.24) is 29.4 Å². The van der Waals surface area contributed by atoms with E-state index in [1.54, 1.807) is 18.3 Å². The second-order valence-corrected chi connectivity index (χ2v) is 15.8. The van der Waals surface area contributed by atoms with E-state index >= 15 is 0 Å². The molecule has 278 valence electrons. The molecule has 2 amide bonds. The third-order valence-corrected chi connectivity index (χ3v) is 10.1. The Labute approximate surface area is 305 Å². The van der Waals surface area contributed by atoms with Gasteiger partial charge in [-0.2, -0.15) is 13.2 Å². The topological polar surface area (TPSA) is 124 Å². The number of nitrogens with one attached hydrogen (secondary N) is 2. The number of rotatable bonds is 14. The van der Waals surface area contributed by atoms with Gasteiger partial charge in [0.2, 0.25) is 5.88 Å². The van der Waals surface area contributed by atoms with Gasteiger partial charge in [-0.3, -0.25) is 9.52 Å². The molecule has 11 nitrogen and oxygen atoms in total. The molecule has 0 bridgehead atoms. The van der Waals surface area contributed by atoms with Gasteiger partial charge in [0.25, 0.3) is 5.91 Å². The van der Waals surface area contributed by atoms with Gasteiger partial charge >= 0.3 is 12.3 Å². The number of anilines is 1. The second kappa shape index (κ2) is 15.5. The number of hydrogen-bond acceptors (Lipinski definition) is 9. The average molecular weight is 752 g/mol. The Morgan fingerprint density at radius 2 is 1.82 bits per heavy atom. The standard InChI is InChI=1S/C35H45ClF3N7O4S/c1-32(2,3)50-31(48)46-23(14-16-33(46,4)5)9-6-7-20-40-25-10-8-11-28(41-25)51-44-30(47)24-12-13-26(42-29(24)36)45-21-15-27(43-45)49-22-19-34(17-18-34)35(37,38)39/h8,10-13,15,21,23H,6-7,9,14,16-20,22H2,1-5H3,(H,40,41)(H,44,47). The first-order valence-electron chi connectivity index (χ1n) is 17.1. The molecule has 1 saturated carbocycles. The van der Waals surface area contributed by atoms with Crippen LogP contribution in [0.2, 0.25) is 5.15 Å². The number of carbonyl (C=O) groups is 2.